The summed E-state index contributed by atoms with van der Waals surface area (Å²) >= 11 is 0. The monoisotopic (exact) mass is 369 g/mol. The zero-order valence-electron chi connectivity index (χ0n) is 14.5. The minimum Gasteiger partial charge on any atom is -0.494 e. The molecule has 0 aliphatic carbocycles. The van der Waals surface area contributed by atoms with Crippen LogP contribution in [0.3, 0.4) is 0 Å². The number of amides is 1. The molecule has 5 nitrogen and oxygen atoms in total. The molecule has 0 bridgehead atoms. The number of nitrogens with zero attached hydrogens (tertiary/aromatic N) is 1. The topological polar surface area (TPSA) is 63.2 Å². The van der Waals surface area contributed by atoms with E-state index < -0.39 is 23.2 Å². The van der Waals surface area contributed by atoms with Crippen LogP contribution in [0.4, 0.5) is 25.8 Å². The number of ether oxygens (including phenoxy) is 1. The second-order valence-electron chi connectivity index (χ2n) is 5.57. The number of pyridine rings is 1. The molecule has 7 heteroatoms. The van der Waals surface area contributed by atoms with Crippen LogP contribution >= 0.6 is 0 Å². The lowest BCUT2D eigenvalue weighted by Crippen LogP contribution is -2.15. The highest BCUT2D eigenvalue weighted by Gasteiger charge is 2.14. The van der Waals surface area contributed by atoms with E-state index in [0.29, 0.717) is 12.3 Å². The normalized spacial score (nSPS) is 10.3. The Hall–Kier alpha value is -3.48. The Kier molecular flexibility index (Phi) is 5.61. The second kappa shape index (κ2) is 8.27. The molecule has 0 radical (unpaired) electrons. The molecule has 1 amide bonds. The van der Waals surface area contributed by atoms with E-state index in [1.807, 2.05) is 31.2 Å². The summed E-state index contributed by atoms with van der Waals surface area (Å²) in [7, 11) is 0. The number of carbonyl (C=O) groups excluding carboxylic acids is 1. The molecule has 0 aliphatic heterocycles. The maximum Gasteiger partial charge on any atom is 0.274 e. The smallest absolute Gasteiger partial charge is 0.274 e. The van der Waals surface area contributed by atoms with Crippen molar-refractivity contribution in [1.82, 2.24) is 4.98 Å². The van der Waals surface area contributed by atoms with Gasteiger partial charge in [0.2, 0.25) is 0 Å². The zero-order chi connectivity index (χ0) is 19.2. The summed E-state index contributed by atoms with van der Waals surface area (Å²) in [5.74, 6) is -1.63. The fourth-order valence-corrected chi connectivity index (χ4v) is 2.36. The van der Waals surface area contributed by atoms with Gasteiger partial charge < -0.3 is 15.4 Å². The molecule has 0 fully saturated rings. The third kappa shape index (κ3) is 4.58. The molecule has 27 heavy (non-hydrogen) atoms. The Bertz CT molecular complexity index is 909. The summed E-state index contributed by atoms with van der Waals surface area (Å²) in [5, 5.41) is 5.33. The van der Waals surface area contributed by atoms with Crippen LogP contribution in [0.2, 0.25) is 0 Å². The summed E-state index contributed by atoms with van der Waals surface area (Å²) in [5.41, 5.74) is 1.02. The van der Waals surface area contributed by atoms with E-state index in [2.05, 4.69) is 15.6 Å². The van der Waals surface area contributed by atoms with E-state index in [4.69, 9.17) is 4.74 Å². The zero-order valence-corrected chi connectivity index (χ0v) is 14.5. The third-order valence-corrected chi connectivity index (χ3v) is 3.65. The number of hydrogen-bond donors (Lipinski definition) is 2. The SMILES string of the molecule is CCOc1ccc(Nc2ccc(C(=O)Nc3c(F)cccc3F)nc2)cc1. The van der Waals surface area contributed by atoms with Crippen LogP contribution in [-0.4, -0.2) is 17.5 Å². The molecule has 2 N–H and O–H groups in total. The van der Waals surface area contributed by atoms with Crippen molar-refractivity contribution in [3.63, 3.8) is 0 Å². The number of aromatic nitrogens is 1. The molecular weight excluding hydrogens is 352 g/mol. The molecule has 3 aromatic rings. The predicted molar refractivity (Wildman–Crippen MR) is 99.4 cm³/mol. The highest BCUT2D eigenvalue weighted by atomic mass is 19.1. The van der Waals surface area contributed by atoms with Crippen LogP contribution in [0.15, 0.2) is 60.8 Å². The van der Waals surface area contributed by atoms with Crippen molar-refractivity contribution >= 4 is 23.0 Å². The Labute approximate surface area is 155 Å². The van der Waals surface area contributed by atoms with Crippen LogP contribution in [0.25, 0.3) is 0 Å². The van der Waals surface area contributed by atoms with Gasteiger partial charge in [0.05, 0.1) is 18.5 Å². The van der Waals surface area contributed by atoms with Crippen molar-refractivity contribution in [1.29, 1.82) is 0 Å². The number of nitrogens with one attached hydrogen (secondary N) is 2. The number of benzene rings is 2. The molecule has 1 aromatic heterocycles. The molecule has 2 aromatic carbocycles. The summed E-state index contributed by atoms with van der Waals surface area (Å²) in [6.07, 6.45) is 1.46. The van der Waals surface area contributed by atoms with Crippen LogP contribution in [-0.2, 0) is 0 Å². The number of anilines is 3. The molecule has 1 heterocycles. The van der Waals surface area contributed by atoms with Gasteiger partial charge in [0.15, 0.2) is 0 Å². The standard InChI is InChI=1S/C20H17F2N3O2/c1-2-27-15-9-6-13(7-10-15)24-14-8-11-18(23-12-14)20(26)25-19-16(21)4-3-5-17(19)22/h3-12,24H,2H2,1H3,(H,25,26). The van der Waals surface area contributed by atoms with E-state index in [1.165, 1.54) is 18.3 Å². The van der Waals surface area contributed by atoms with E-state index in [1.54, 1.807) is 6.07 Å². The van der Waals surface area contributed by atoms with Gasteiger partial charge in [-0.05, 0) is 55.5 Å². The molecule has 0 saturated carbocycles. The lowest BCUT2D eigenvalue weighted by Gasteiger charge is -2.09. The number of hydrogen-bond acceptors (Lipinski definition) is 4. The molecule has 0 saturated heterocycles. The Morgan fingerprint density at radius 1 is 1.00 bits per heavy atom. The molecule has 3 rings (SSSR count). The number of halogens is 2. The lowest BCUT2D eigenvalue weighted by atomic mass is 10.2. The van der Waals surface area contributed by atoms with Gasteiger partial charge >= 0.3 is 0 Å². The van der Waals surface area contributed by atoms with Crippen molar-refractivity contribution < 1.29 is 18.3 Å². The fraction of sp³-hybridized carbons (Fsp3) is 0.100. The van der Waals surface area contributed by atoms with E-state index in [-0.39, 0.29) is 5.69 Å². The van der Waals surface area contributed by atoms with Gasteiger partial charge in [-0.3, -0.25) is 4.79 Å². The minimum absolute atomic E-state index is 0.0369. The van der Waals surface area contributed by atoms with Crippen molar-refractivity contribution in [2.24, 2.45) is 0 Å². The summed E-state index contributed by atoms with van der Waals surface area (Å²) in [4.78, 5) is 16.2. The Morgan fingerprint density at radius 2 is 1.67 bits per heavy atom. The van der Waals surface area contributed by atoms with Crippen LogP contribution in [0.1, 0.15) is 17.4 Å². The quantitative estimate of drug-likeness (QED) is 0.658. The van der Waals surface area contributed by atoms with Gasteiger partial charge in [-0.25, -0.2) is 13.8 Å². The summed E-state index contributed by atoms with van der Waals surface area (Å²) in [6.45, 7) is 2.51. The minimum atomic E-state index is -0.850. The number of para-hydroxylation sites is 1. The van der Waals surface area contributed by atoms with Gasteiger partial charge in [-0.1, -0.05) is 6.07 Å². The highest BCUT2D eigenvalue weighted by molar-refractivity contribution is 6.03. The molecule has 0 atom stereocenters. The molecule has 0 unspecified atom stereocenters. The van der Waals surface area contributed by atoms with Crippen molar-refractivity contribution in [2.45, 2.75) is 6.92 Å². The van der Waals surface area contributed by atoms with Gasteiger partial charge in [0, 0.05) is 5.69 Å². The maximum atomic E-state index is 13.6. The Morgan fingerprint density at radius 3 is 2.26 bits per heavy atom. The van der Waals surface area contributed by atoms with Gasteiger partial charge in [0.1, 0.15) is 28.8 Å². The first-order chi connectivity index (χ1) is 13.1. The fourth-order valence-electron chi connectivity index (χ4n) is 2.36. The van der Waals surface area contributed by atoms with E-state index >= 15 is 0 Å². The van der Waals surface area contributed by atoms with E-state index in [0.717, 1.165) is 23.6 Å². The lowest BCUT2D eigenvalue weighted by molar-refractivity contribution is 0.102. The van der Waals surface area contributed by atoms with E-state index in [9.17, 15) is 13.6 Å². The highest BCUT2D eigenvalue weighted by Crippen LogP contribution is 2.21. The number of rotatable bonds is 6. The number of carbonyl (C=O) groups is 1. The summed E-state index contributed by atoms with van der Waals surface area (Å²) < 4.78 is 32.6. The first kappa shape index (κ1) is 18.3. The molecule has 0 spiro atoms. The molecule has 138 valence electrons. The first-order valence-electron chi connectivity index (χ1n) is 8.28. The largest absolute Gasteiger partial charge is 0.494 e. The van der Waals surface area contributed by atoms with Gasteiger partial charge in [-0.2, -0.15) is 0 Å². The van der Waals surface area contributed by atoms with Crippen molar-refractivity contribution in [3.05, 3.63) is 78.1 Å². The molecular formula is C20H17F2N3O2. The second-order valence-corrected chi connectivity index (χ2v) is 5.57. The van der Waals surface area contributed by atoms with Crippen LogP contribution in [0, 0.1) is 11.6 Å². The average Bonchev–Trinajstić information content (AvgIpc) is 2.67. The van der Waals surface area contributed by atoms with Crippen LogP contribution < -0.4 is 15.4 Å². The third-order valence-electron chi connectivity index (χ3n) is 3.65. The van der Waals surface area contributed by atoms with Crippen LogP contribution in [0.5, 0.6) is 5.75 Å². The predicted octanol–water partition coefficient (Wildman–Crippen LogP) is 4.75. The maximum absolute atomic E-state index is 13.6. The van der Waals surface area contributed by atoms with Crippen molar-refractivity contribution in [2.75, 3.05) is 17.2 Å². The first-order valence-corrected chi connectivity index (χ1v) is 8.28. The van der Waals surface area contributed by atoms with Gasteiger partial charge in [-0.15, -0.1) is 0 Å². The molecule has 0 aliphatic rings. The Balaban J connectivity index is 1.66. The van der Waals surface area contributed by atoms with Gasteiger partial charge in [0.25, 0.3) is 5.91 Å². The van der Waals surface area contributed by atoms with Crippen molar-refractivity contribution in [3.8, 4) is 5.75 Å². The summed E-state index contributed by atoms with van der Waals surface area (Å²) in [6, 6.07) is 13.8. The average molecular weight is 369 g/mol.